The molecule has 0 bridgehead atoms. The molecule has 14 heavy (non-hydrogen) atoms. The Labute approximate surface area is 84.9 Å². The van der Waals surface area contributed by atoms with E-state index in [9.17, 15) is 14.7 Å². The molecule has 0 rings (SSSR count). The first-order valence-corrected chi connectivity index (χ1v) is 5.09. The minimum Gasteiger partial charge on any atom is -0.550 e. The average molecular weight is 200 g/mol. The number of carbonyl (C=O) groups is 2. The minimum absolute atomic E-state index is 0.0579. The van der Waals surface area contributed by atoms with E-state index in [2.05, 4.69) is 0 Å². The molecular formula is C10H18NO3-. The number of carbonyl (C=O) groups excluding carboxylic acids is 2. The predicted molar refractivity (Wildman–Crippen MR) is 51.4 cm³/mol. The van der Waals surface area contributed by atoms with Crippen molar-refractivity contribution in [3.8, 4) is 0 Å². The first-order valence-electron chi connectivity index (χ1n) is 5.09. The summed E-state index contributed by atoms with van der Waals surface area (Å²) in [5, 5.41) is 10.2. The monoisotopic (exact) mass is 200 g/mol. The molecule has 0 aromatic heterocycles. The summed E-state index contributed by atoms with van der Waals surface area (Å²) in [6, 6.07) is 0. The number of nitrogens with zero attached hydrogens (tertiary/aromatic N) is 1. The van der Waals surface area contributed by atoms with E-state index < -0.39 is 5.97 Å². The highest BCUT2D eigenvalue weighted by atomic mass is 16.4. The molecule has 0 unspecified atom stereocenters. The van der Waals surface area contributed by atoms with Gasteiger partial charge in [0.05, 0.1) is 0 Å². The van der Waals surface area contributed by atoms with Gasteiger partial charge in [0.15, 0.2) is 0 Å². The summed E-state index contributed by atoms with van der Waals surface area (Å²) in [5.74, 6) is -1.25. The van der Waals surface area contributed by atoms with E-state index in [1.165, 1.54) is 0 Å². The van der Waals surface area contributed by atoms with E-state index in [1.807, 2.05) is 13.8 Å². The molecular weight excluding hydrogens is 182 g/mol. The molecule has 0 N–H and O–H groups in total. The lowest BCUT2D eigenvalue weighted by Crippen LogP contribution is -2.33. The van der Waals surface area contributed by atoms with Gasteiger partial charge in [-0.15, -0.1) is 0 Å². The zero-order valence-electron chi connectivity index (χ0n) is 8.91. The SMILES string of the molecule is CCCN(CCC)C(=O)CCC(=O)[O-]. The molecule has 0 aliphatic rings. The summed E-state index contributed by atoms with van der Waals surface area (Å²) in [7, 11) is 0. The van der Waals surface area contributed by atoms with E-state index in [-0.39, 0.29) is 18.7 Å². The summed E-state index contributed by atoms with van der Waals surface area (Å²) >= 11 is 0. The Kier molecular flexibility index (Phi) is 6.80. The standard InChI is InChI=1S/C10H19NO3/c1-3-7-11(8-4-2)9(12)5-6-10(13)14/h3-8H2,1-2H3,(H,13,14)/p-1. The van der Waals surface area contributed by atoms with Gasteiger partial charge in [-0.3, -0.25) is 4.79 Å². The van der Waals surface area contributed by atoms with Crippen LogP contribution in [0.15, 0.2) is 0 Å². The van der Waals surface area contributed by atoms with Gasteiger partial charge in [-0.1, -0.05) is 13.8 Å². The van der Waals surface area contributed by atoms with Crippen LogP contribution in [0.5, 0.6) is 0 Å². The Bertz CT molecular complexity index is 186. The fourth-order valence-electron chi connectivity index (χ4n) is 1.27. The zero-order valence-corrected chi connectivity index (χ0v) is 8.91. The molecule has 0 aliphatic carbocycles. The van der Waals surface area contributed by atoms with Crippen molar-refractivity contribution in [2.24, 2.45) is 0 Å². The summed E-state index contributed by atoms with van der Waals surface area (Å²) in [4.78, 5) is 23.3. The maximum atomic E-state index is 11.5. The van der Waals surface area contributed by atoms with Crippen LogP contribution in [-0.2, 0) is 9.59 Å². The molecule has 0 spiro atoms. The maximum absolute atomic E-state index is 11.5. The van der Waals surface area contributed by atoms with Gasteiger partial charge in [0.2, 0.25) is 5.91 Å². The van der Waals surface area contributed by atoms with Crippen molar-refractivity contribution >= 4 is 11.9 Å². The lowest BCUT2D eigenvalue weighted by Gasteiger charge is -2.21. The molecule has 4 heteroatoms. The van der Waals surface area contributed by atoms with Crippen LogP contribution in [0.2, 0.25) is 0 Å². The highest BCUT2D eigenvalue weighted by molar-refractivity contribution is 5.80. The van der Waals surface area contributed by atoms with Crippen LogP contribution in [0.25, 0.3) is 0 Å². The van der Waals surface area contributed by atoms with E-state index >= 15 is 0 Å². The van der Waals surface area contributed by atoms with Crippen LogP contribution in [0.1, 0.15) is 39.5 Å². The van der Waals surface area contributed by atoms with Crippen molar-refractivity contribution in [2.45, 2.75) is 39.5 Å². The molecule has 1 amide bonds. The van der Waals surface area contributed by atoms with E-state index in [4.69, 9.17) is 0 Å². The van der Waals surface area contributed by atoms with Gasteiger partial charge in [-0.05, 0) is 19.3 Å². The molecule has 0 aliphatic heterocycles. The Morgan fingerprint density at radius 2 is 1.57 bits per heavy atom. The second kappa shape index (κ2) is 7.35. The number of hydrogen-bond acceptors (Lipinski definition) is 3. The lowest BCUT2D eigenvalue weighted by atomic mass is 10.2. The van der Waals surface area contributed by atoms with Gasteiger partial charge in [-0.2, -0.15) is 0 Å². The summed E-state index contributed by atoms with van der Waals surface area (Å²) < 4.78 is 0. The van der Waals surface area contributed by atoms with Crippen LogP contribution in [-0.4, -0.2) is 29.9 Å². The molecule has 0 saturated carbocycles. The van der Waals surface area contributed by atoms with E-state index in [0.29, 0.717) is 13.1 Å². The Balaban J connectivity index is 3.94. The molecule has 4 nitrogen and oxygen atoms in total. The molecule has 0 aromatic rings. The quantitative estimate of drug-likeness (QED) is 0.588. The van der Waals surface area contributed by atoms with Gasteiger partial charge >= 0.3 is 0 Å². The molecule has 82 valence electrons. The smallest absolute Gasteiger partial charge is 0.222 e. The molecule has 0 atom stereocenters. The maximum Gasteiger partial charge on any atom is 0.222 e. The number of carboxylic acids is 1. The van der Waals surface area contributed by atoms with Crippen molar-refractivity contribution in [3.63, 3.8) is 0 Å². The number of aliphatic carboxylic acids is 1. The van der Waals surface area contributed by atoms with Crippen LogP contribution in [0.3, 0.4) is 0 Å². The van der Waals surface area contributed by atoms with Crippen LogP contribution < -0.4 is 5.11 Å². The number of rotatable bonds is 7. The highest BCUT2D eigenvalue weighted by Crippen LogP contribution is 2.00. The van der Waals surface area contributed by atoms with Crippen LogP contribution in [0, 0.1) is 0 Å². The fourth-order valence-corrected chi connectivity index (χ4v) is 1.27. The van der Waals surface area contributed by atoms with Gasteiger partial charge in [-0.25, -0.2) is 0 Å². The molecule has 0 saturated heterocycles. The van der Waals surface area contributed by atoms with Crippen molar-refractivity contribution in [2.75, 3.05) is 13.1 Å². The number of amides is 1. The molecule has 0 heterocycles. The Hall–Kier alpha value is -1.06. The van der Waals surface area contributed by atoms with Gasteiger partial charge < -0.3 is 14.8 Å². The second-order valence-corrected chi connectivity index (χ2v) is 3.25. The third kappa shape index (κ3) is 5.56. The minimum atomic E-state index is -1.16. The van der Waals surface area contributed by atoms with Crippen LogP contribution in [0.4, 0.5) is 0 Å². The topological polar surface area (TPSA) is 60.4 Å². The van der Waals surface area contributed by atoms with Crippen molar-refractivity contribution < 1.29 is 14.7 Å². The molecule has 0 aromatic carbocycles. The first-order chi connectivity index (χ1) is 6.61. The lowest BCUT2D eigenvalue weighted by molar-refractivity contribution is -0.305. The van der Waals surface area contributed by atoms with Crippen molar-refractivity contribution in [3.05, 3.63) is 0 Å². The Morgan fingerprint density at radius 1 is 1.07 bits per heavy atom. The second-order valence-electron chi connectivity index (χ2n) is 3.25. The zero-order chi connectivity index (χ0) is 11.0. The van der Waals surface area contributed by atoms with E-state index in [1.54, 1.807) is 4.90 Å². The number of hydrogen-bond donors (Lipinski definition) is 0. The van der Waals surface area contributed by atoms with Gasteiger partial charge in [0.1, 0.15) is 0 Å². The molecule has 0 fully saturated rings. The Morgan fingerprint density at radius 3 is 1.93 bits per heavy atom. The van der Waals surface area contributed by atoms with Gasteiger partial charge in [0, 0.05) is 25.5 Å². The fraction of sp³-hybridized carbons (Fsp3) is 0.800. The third-order valence-electron chi connectivity index (χ3n) is 1.88. The highest BCUT2D eigenvalue weighted by Gasteiger charge is 2.10. The summed E-state index contributed by atoms with van der Waals surface area (Å²) in [6.07, 6.45) is 1.68. The predicted octanol–water partition coefficient (Wildman–Crippen LogP) is 0.165. The third-order valence-corrected chi connectivity index (χ3v) is 1.88. The summed E-state index contributed by atoms with van der Waals surface area (Å²) in [5.41, 5.74) is 0. The largest absolute Gasteiger partial charge is 0.550 e. The number of carboxylic acid groups (broad SMARTS) is 1. The average Bonchev–Trinajstić information content (AvgIpc) is 2.14. The van der Waals surface area contributed by atoms with Crippen LogP contribution >= 0.6 is 0 Å². The normalized spacial score (nSPS) is 9.86. The first kappa shape index (κ1) is 12.9. The summed E-state index contributed by atoms with van der Waals surface area (Å²) in [6.45, 7) is 5.41. The van der Waals surface area contributed by atoms with E-state index in [0.717, 1.165) is 12.8 Å². The van der Waals surface area contributed by atoms with Crippen molar-refractivity contribution in [1.29, 1.82) is 0 Å². The van der Waals surface area contributed by atoms with Gasteiger partial charge in [0.25, 0.3) is 0 Å². The molecule has 0 radical (unpaired) electrons. The van der Waals surface area contributed by atoms with Crippen molar-refractivity contribution in [1.82, 2.24) is 4.90 Å².